The Morgan fingerprint density at radius 2 is 1.67 bits per heavy atom. The van der Waals surface area contributed by atoms with Crippen LogP contribution in [-0.2, 0) is 0 Å². The van der Waals surface area contributed by atoms with E-state index in [9.17, 15) is 5.11 Å². The first-order valence-electron chi connectivity index (χ1n) is 6.15. The first-order valence-corrected chi connectivity index (χ1v) is 6.15. The lowest BCUT2D eigenvalue weighted by molar-refractivity contribution is 0.205. The van der Waals surface area contributed by atoms with Gasteiger partial charge in [-0.3, -0.25) is 0 Å². The Morgan fingerprint density at radius 3 is 2.28 bits per heavy atom. The predicted molar refractivity (Wildman–Crippen MR) is 72.9 cm³/mol. The largest absolute Gasteiger partial charge is 0.493 e. The highest BCUT2D eigenvalue weighted by Crippen LogP contribution is 2.18. The van der Waals surface area contributed by atoms with Gasteiger partial charge in [0.05, 0.1) is 13.2 Å². The van der Waals surface area contributed by atoms with E-state index in [4.69, 9.17) is 4.74 Å². The third-order valence-corrected chi connectivity index (χ3v) is 2.96. The molecule has 0 saturated carbocycles. The van der Waals surface area contributed by atoms with Crippen molar-refractivity contribution >= 4 is 0 Å². The van der Waals surface area contributed by atoms with Crippen molar-refractivity contribution in [2.24, 2.45) is 0 Å². The second kappa shape index (κ2) is 6.22. The summed E-state index contributed by atoms with van der Waals surface area (Å²) in [6.45, 7) is 2.63. The van der Waals surface area contributed by atoms with E-state index >= 15 is 0 Å². The van der Waals surface area contributed by atoms with Gasteiger partial charge in [-0.05, 0) is 24.6 Å². The molecule has 1 unspecified atom stereocenters. The van der Waals surface area contributed by atoms with E-state index in [1.54, 1.807) is 0 Å². The van der Waals surface area contributed by atoms with E-state index in [0.29, 0.717) is 6.61 Å². The van der Waals surface area contributed by atoms with Crippen LogP contribution in [0.25, 0.3) is 0 Å². The third kappa shape index (κ3) is 3.34. The molecule has 0 spiro atoms. The lowest BCUT2D eigenvalue weighted by Crippen LogP contribution is -2.14. The van der Waals surface area contributed by atoms with Gasteiger partial charge in [0, 0.05) is 5.92 Å². The van der Waals surface area contributed by atoms with Gasteiger partial charge in [-0.15, -0.1) is 0 Å². The molecule has 0 fully saturated rings. The average Bonchev–Trinajstić information content (AvgIpc) is 2.43. The lowest BCUT2D eigenvalue weighted by atomic mass is 10.0. The zero-order chi connectivity index (χ0) is 12.8. The maximum absolute atomic E-state index is 9.42. The average molecular weight is 242 g/mol. The number of aryl methyl sites for hydroxylation is 1. The number of benzene rings is 2. The maximum Gasteiger partial charge on any atom is 0.119 e. The van der Waals surface area contributed by atoms with Crippen LogP contribution < -0.4 is 4.74 Å². The molecule has 2 nitrogen and oxygen atoms in total. The summed E-state index contributed by atoms with van der Waals surface area (Å²) in [6.07, 6.45) is 0. The lowest BCUT2D eigenvalue weighted by Gasteiger charge is -2.15. The van der Waals surface area contributed by atoms with Gasteiger partial charge in [-0.1, -0.05) is 48.0 Å². The van der Waals surface area contributed by atoms with Crippen molar-refractivity contribution in [3.8, 4) is 5.75 Å². The van der Waals surface area contributed by atoms with Crippen molar-refractivity contribution in [1.29, 1.82) is 0 Å². The molecule has 0 aliphatic rings. The molecule has 18 heavy (non-hydrogen) atoms. The van der Waals surface area contributed by atoms with Crippen molar-refractivity contribution in [3.63, 3.8) is 0 Å². The van der Waals surface area contributed by atoms with Crippen LogP contribution in [0.15, 0.2) is 54.6 Å². The maximum atomic E-state index is 9.42. The zero-order valence-corrected chi connectivity index (χ0v) is 10.5. The van der Waals surface area contributed by atoms with Crippen molar-refractivity contribution in [2.45, 2.75) is 12.8 Å². The van der Waals surface area contributed by atoms with Crippen LogP contribution in [-0.4, -0.2) is 18.3 Å². The minimum absolute atomic E-state index is 0.0208. The van der Waals surface area contributed by atoms with E-state index in [1.165, 1.54) is 5.56 Å². The van der Waals surface area contributed by atoms with Gasteiger partial charge < -0.3 is 9.84 Å². The fourth-order valence-electron chi connectivity index (χ4n) is 1.81. The molecule has 2 aromatic carbocycles. The van der Waals surface area contributed by atoms with Crippen LogP contribution in [0.3, 0.4) is 0 Å². The van der Waals surface area contributed by atoms with E-state index < -0.39 is 0 Å². The number of hydrogen-bond donors (Lipinski definition) is 1. The fourth-order valence-corrected chi connectivity index (χ4v) is 1.81. The SMILES string of the molecule is Cc1ccc(OCC(CO)c2ccccc2)cc1. The highest BCUT2D eigenvalue weighted by atomic mass is 16.5. The molecular formula is C16H18O2. The first-order chi connectivity index (χ1) is 8.79. The topological polar surface area (TPSA) is 29.5 Å². The van der Waals surface area contributed by atoms with E-state index in [0.717, 1.165) is 11.3 Å². The standard InChI is InChI=1S/C16H18O2/c1-13-7-9-16(10-8-13)18-12-15(11-17)14-5-3-2-4-6-14/h2-10,15,17H,11-12H2,1H3. The summed E-state index contributed by atoms with van der Waals surface area (Å²) in [6, 6.07) is 17.9. The van der Waals surface area contributed by atoms with Gasteiger partial charge >= 0.3 is 0 Å². The Labute approximate surface area is 108 Å². The minimum Gasteiger partial charge on any atom is -0.493 e. The van der Waals surface area contributed by atoms with Crippen LogP contribution in [0, 0.1) is 6.92 Å². The summed E-state index contributed by atoms with van der Waals surface area (Å²) in [5.41, 5.74) is 2.32. The summed E-state index contributed by atoms with van der Waals surface area (Å²) in [7, 11) is 0. The molecule has 2 rings (SSSR count). The number of aliphatic hydroxyl groups excluding tert-OH is 1. The number of ether oxygens (including phenoxy) is 1. The monoisotopic (exact) mass is 242 g/mol. The van der Waals surface area contributed by atoms with Crippen LogP contribution in [0.4, 0.5) is 0 Å². The van der Waals surface area contributed by atoms with Gasteiger partial charge in [0.15, 0.2) is 0 Å². The van der Waals surface area contributed by atoms with Crippen molar-refractivity contribution in [3.05, 3.63) is 65.7 Å². The van der Waals surface area contributed by atoms with Gasteiger partial charge in [0.2, 0.25) is 0 Å². The van der Waals surface area contributed by atoms with Crippen LogP contribution in [0.1, 0.15) is 17.0 Å². The molecule has 2 heteroatoms. The molecule has 0 aliphatic heterocycles. The second-order valence-electron chi connectivity index (χ2n) is 4.41. The number of hydrogen-bond acceptors (Lipinski definition) is 2. The Kier molecular flexibility index (Phi) is 4.37. The summed E-state index contributed by atoms with van der Waals surface area (Å²) < 4.78 is 5.71. The molecule has 94 valence electrons. The molecule has 0 saturated heterocycles. The molecule has 0 radical (unpaired) electrons. The van der Waals surface area contributed by atoms with Crippen LogP contribution >= 0.6 is 0 Å². The van der Waals surface area contributed by atoms with Gasteiger partial charge in [-0.25, -0.2) is 0 Å². The van der Waals surface area contributed by atoms with E-state index in [2.05, 4.69) is 0 Å². The Hall–Kier alpha value is -1.80. The summed E-state index contributed by atoms with van der Waals surface area (Å²) in [4.78, 5) is 0. The molecule has 0 aromatic heterocycles. The molecule has 1 N–H and O–H groups in total. The van der Waals surface area contributed by atoms with Gasteiger partial charge in [-0.2, -0.15) is 0 Å². The summed E-state index contributed by atoms with van der Waals surface area (Å²) >= 11 is 0. The molecule has 0 aliphatic carbocycles. The smallest absolute Gasteiger partial charge is 0.119 e. The number of aliphatic hydroxyl groups is 1. The molecule has 0 bridgehead atoms. The first kappa shape index (κ1) is 12.7. The Morgan fingerprint density at radius 1 is 1.00 bits per heavy atom. The molecule has 0 heterocycles. The van der Waals surface area contributed by atoms with Crippen molar-refractivity contribution in [2.75, 3.05) is 13.2 Å². The van der Waals surface area contributed by atoms with Crippen molar-refractivity contribution < 1.29 is 9.84 Å². The zero-order valence-electron chi connectivity index (χ0n) is 10.5. The Balaban J connectivity index is 1.97. The minimum atomic E-state index is 0.0208. The van der Waals surface area contributed by atoms with Gasteiger partial charge in [0.25, 0.3) is 0 Å². The molecule has 1 atom stereocenters. The number of rotatable bonds is 5. The van der Waals surface area contributed by atoms with Crippen LogP contribution in [0.5, 0.6) is 5.75 Å². The summed E-state index contributed by atoms with van der Waals surface area (Å²) in [5.74, 6) is 0.863. The third-order valence-electron chi connectivity index (χ3n) is 2.96. The quantitative estimate of drug-likeness (QED) is 0.872. The molecule has 0 amide bonds. The van der Waals surface area contributed by atoms with E-state index in [-0.39, 0.29) is 12.5 Å². The normalized spacial score (nSPS) is 12.1. The van der Waals surface area contributed by atoms with Crippen LogP contribution in [0.2, 0.25) is 0 Å². The highest BCUT2D eigenvalue weighted by Gasteiger charge is 2.10. The fraction of sp³-hybridized carbons (Fsp3) is 0.250. The second-order valence-corrected chi connectivity index (χ2v) is 4.41. The summed E-state index contributed by atoms with van der Waals surface area (Å²) in [5, 5.41) is 9.42. The molecular weight excluding hydrogens is 224 g/mol. The van der Waals surface area contributed by atoms with Gasteiger partial charge in [0.1, 0.15) is 5.75 Å². The highest BCUT2D eigenvalue weighted by molar-refractivity contribution is 5.27. The van der Waals surface area contributed by atoms with Crippen molar-refractivity contribution in [1.82, 2.24) is 0 Å². The predicted octanol–water partition coefficient (Wildman–Crippen LogP) is 3.15. The van der Waals surface area contributed by atoms with E-state index in [1.807, 2.05) is 61.5 Å². The molecule has 2 aromatic rings. The Bertz CT molecular complexity index is 462.